The minimum Gasteiger partial charge on any atom is -0.477 e. The topological polar surface area (TPSA) is 164 Å². The number of carbonyl (C=O) groups is 3. The van der Waals surface area contributed by atoms with Crippen LogP contribution in [0.1, 0.15) is 22.4 Å². The zero-order valence-corrected chi connectivity index (χ0v) is 29.8. The number of carboxylic acid groups (broad SMARTS) is 1. The van der Waals surface area contributed by atoms with Crippen LogP contribution in [0.4, 0.5) is 5.13 Å². The molecule has 1 saturated heterocycles. The maximum absolute atomic E-state index is 13.7. The Morgan fingerprint density at radius 2 is 1.51 bits per heavy atom. The number of thioether (sulfide) groups is 1. The van der Waals surface area contributed by atoms with Crippen molar-refractivity contribution in [3.05, 3.63) is 165 Å². The Morgan fingerprint density at radius 1 is 0.925 bits per heavy atom. The Bertz CT molecular complexity index is 2140. The number of nitrogens with zero attached hydrogens (tertiary/aromatic N) is 4. The molecule has 3 N–H and O–H groups in total. The number of thiazole rings is 1. The number of aliphatic carboxylic acids is 1. The number of oxime groups is 1. The molecule has 53 heavy (non-hydrogen) atoms. The van der Waals surface area contributed by atoms with E-state index in [-0.39, 0.29) is 34.9 Å². The van der Waals surface area contributed by atoms with Gasteiger partial charge < -0.3 is 25.4 Å². The van der Waals surface area contributed by atoms with E-state index in [0.717, 1.165) is 21.6 Å². The third kappa shape index (κ3) is 6.91. The standard InChI is InChI=1S/C38H32N6O7S2/c1-50-42-30(33(46)40-31-34(47)44-32(36(48)49)24(22-52-35(31)44)21-51-43-19-17-28(45)18-20-43)29-23-53-37(39-29)41-38(25-11-5-2-6-12-25,26-13-7-3-8-14-26)27-15-9-4-10-16-27/h2-20,23,31,35H,21-22H2,1H3,(H,39,41)(H,40,46)(H,48,49)/b42-30-/t31-,35-/m1/s1. The van der Waals surface area contributed by atoms with Gasteiger partial charge in [-0.05, 0) is 16.7 Å². The van der Waals surface area contributed by atoms with Crippen molar-refractivity contribution < 1.29 is 29.2 Å². The van der Waals surface area contributed by atoms with Crippen LogP contribution in [0.5, 0.6) is 0 Å². The smallest absolute Gasteiger partial charge is 0.352 e. The number of β-lactam (4-membered cyclic amide) rings is 1. The summed E-state index contributed by atoms with van der Waals surface area (Å²) < 4.78 is 1.28. The largest absolute Gasteiger partial charge is 0.477 e. The van der Waals surface area contributed by atoms with Crippen LogP contribution >= 0.6 is 23.1 Å². The summed E-state index contributed by atoms with van der Waals surface area (Å²) in [7, 11) is 1.30. The van der Waals surface area contributed by atoms with E-state index in [9.17, 15) is 24.3 Å². The van der Waals surface area contributed by atoms with E-state index in [4.69, 9.17) is 14.7 Å². The van der Waals surface area contributed by atoms with Crippen molar-refractivity contribution in [1.82, 2.24) is 19.9 Å². The minimum absolute atomic E-state index is 0.129. The summed E-state index contributed by atoms with van der Waals surface area (Å²) in [6.45, 7) is -0.129. The summed E-state index contributed by atoms with van der Waals surface area (Å²) in [4.78, 5) is 67.5. The number of aromatic nitrogens is 2. The van der Waals surface area contributed by atoms with Crippen molar-refractivity contribution >= 4 is 51.7 Å². The molecule has 0 aliphatic carbocycles. The van der Waals surface area contributed by atoms with Gasteiger partial charge in [0.05, 0.1) is 0 Å². The molecule has 7 rings (SSSR count). The van der Waals surface area contributed by atoms with Crippen molar-refractivity contribution in [1.29, 1.82) is 0 Å². The Morgan fingerprint density at radius 3 is 2.06 bits per heavy atom. The first kappa shape index (κ1) is 35.2. The molecular formula is C38H32N6O7S2. The number of hydrogen-bond acceptors (Lipinski definition) is 11. The van der Waals surface area contributed by atoms with Gasteiger partial charge in [-0.2, -0.15) is 4.73 Å². The summed E-state index contributed by atoms with van der Waals surface area (Å²) >= 11 is 2.57. The van der Waals surface area contributed by atoms with Gasteiger partial charge in [-0.25, -0.2) is 9.78 Å². The minimum atomic E-state index is -1.30. The van der Waals surface area contributed by atoms with E-state index in [0.29, 0.717) is 10.7 Å². The lowest BCUT2D eigenvalue weighted by Gasteiger charge is -2.49. The molecule has 13 nitrogen and oxygen atoms in total. The maximum atomic E-state index is 13.7. The first-order chi connectivity index (χ1) is 25.8. The molecular weight excluding hydrogens is 717 g/mol. The Labute approximate surface area is 311 Å². The lowest BCUT2D eigenvalue weighted by Crippen LogP contribution is -2.71. The highest BCUT2D eigenvalue weighted by Gasteiger charge is 2.54. The van der Waals surface area contributed by atoms with Crippen molar-refractivity contribution in [2.45, 2.75) is 17.0 Å². The molecule has 0 unspecified atom stereocenters. The van der Waals surface area contributed by atoms with Crippen LogP contribution in [-0.4, -0.2) is 74.1 Å². The van der Waals surface area contributed by atoms with E-state index in [2.05, 4.69) is 15.8 Å². The fourth-order valence-electron chi connectivity index (χ4n) is 6.32. The molecule has 0 bridgehead atoms. The quantitative estimate of drug-likeness (QED) is 0.0696. The molecule has 2 amide bonds. The summed E-state index contributed by atoms with van der Waals surface area (Å²) in [6, 6.07) is 31.6. The number of amides is 2. The molecule has 0 spiro atoms. The zero-order chi connectivity index (χ0) is 37.0. The number of benzene rings is 3. The van der Waals surface area contributed by atoms with Crippen LogP contribution in [0.25, 0.3) is 0 Å². The van der Waals surface area contributed by atoms with E-state index in [1.54, 1.807) is 5.38 Å². The molecule has 15 heteroatoms. The number of fused-ring (bicyclic) bond motifs is 1. The van der Waals surface area contributed by atoms with Crippen LogP contribution in [0.2, 0.25) is 0 Å². The molecule has 2 aromatic heterocycles. The first-order valence-electron chi connectivity index (χ1n) is 16.3. The second-order valence-corrected chi connectivity index (χ2v) is 13.9. The summed E-state index contributed by atoms with van der Waals surface area (Å²) in [5.74, 6) is -2.37. The highest BCUT2D eigenvalue weighted by molar-refractivity contribution is 8.00. The summed E-state index contributed by atoms with van der Waals surface area (Å²) in [5, 5.41) is 21.9. The van der Waals surface area contributed by atoms with Crippen molar-refractivity contribution in [3.8, 4) is 0 Å². The molecule has 2 aliphatic rings. The Hall–Kier alpha value is -6.19. The Kier molecular flexibility index (Phi) is 10.1. The van der Waals surface area contributed by atoms with Gasteiger partial charge in [-0.3, -0.25) is 19.3 Å². The second-order valence-electron chi connectivity index (χ2n) is 11.9. The normalized spacial score (nSPS) is 17.0. The van der Waals surface area contributed by atoms with Crippen LogP contribution in [0.15, 0.2) is 142 Å². The van der Waals surface area contributed by atoms with Crippen molar-refractivity contribution in [2.24, 2.45) is 5.16 Å². The lowest BCUT2D eigenvalue weighted by atomic mass is 9.77. The maximum Gasteiger partial charge on any atom is 0.352 e. The summed E-state index contributed by atoms with van der Waals surface area (Å²) in [5.41, 5.74) is 2.07. The fourth-order valence-corrected chi connectivity index (χ4v) is 8.40. The number of rotatable bonds is 13. The van der Waals surface area contributed by atoms with Gasteiger partial charge >= 0.3 is 5.97 Å². The third-order valence-electron chi connectivity index (χ3n) is 8.76. The van der Waals surface area contributed by atoms with Crippen LogP contribution in [0, 0.1) is 0 Å². The van der Waals surface area contributed by atoms with E-state index >= 15 is 0 Å². The van der Waals surface area contributed by atoms with E-state index in [1.807, 2.05) is 91.0 Å². The van der Waals surface area contributed by atoms with Gasteiger partial charge in [0.2, 0.25) is 0 Å². The average molecular weight is 749 g/mol. The monoisotopic (exact) mass is 748 g/mol. The van der Waals surface area contributed by atoms with Gasteiger partial charge in [0.25, 0.3) is 11.8 Å². The number of carbonyl (C=O) groups excluding carboxylic acids is 2. The number of nitrogens with one attached hydrogen (secondary N) is 2. The van der Waals surface area contributed by atoms with Gasteiger partial charge in [0, 0.05) is 41.2 Å². The fraction of sp³-hybridized carbons (Fsp3) is 0.158. The van der Waals surface area contributed by atoms with Crippen LogP contribution in [-0.2, 0) is 24.8 Å². The molecule has 5 aromatic rings. The number of carboxylic acids is 1. The van der Waals surface area contributed by atoms with E-state index in [1.165, 1.54) is 59.5 Å². The second kappa shape index (κ2) is 15.2. The molecule has 4 heterocycles. The molecule has 1 fully saturated rings. The van der Waals surface area contributed by atoms with E-state index < -0.39 is 34.7 Å². The molecule has 0 saturated carbocycles. The first-order valence-corrected chi connectivity index (χ1v) is 18.3. The van der Waals surface area contributed by atoms with Crippen LogP contribution < -0.4 is 20.9 Å². The zero-order valence-electron chi connectivity index (χ0n) is 28.1. The van der Waals surface area contributed by atoms with Gasteiger partial charge in [-0.1, -0.05) is 96.2 Å². The molecule has 2 aliphatic heterocycles. The Balaban J connectivity index is 1.12. The predicted octanol–water partition coefficient (Wildman–Crippen LogP) is 3.93. The number of hydrogen-bond donors (Lipinski definition) is 3. The van der Waals surface area contributed by atoms with Gasteiger partial charge in [0.1, 0.15) is 42.1 Å². The highest BCUT2D eigenvalue weighted by atomic mass is 32.2. The lowest BCUT2D eigenvalue weighted by molar-refractivity contribution is -0.150. The SMILES string of the molecule is CO/N=C(\C(=O)N[C@@H]1C(=O)N2C(C(=O)O)=C(COn3ccc(=O)cc3)CS[C@H]12)c1csc(NC(c2ccccc2)(c2ccccc2)c2ccccc2)n1. The van der Waals surface area contributed by atoms with Gasteiger partial charge in [-0.15, -0.1) is 23.1 Å². The number of pyridine rings is 1. The average Bonchev–Trinajstić information content (AvgIpc) is 3.66. The van der Waals surface area contributed by atoms with Crippen molar-refractivity contribution in [2.75, 3.05) is 24.8 Å². The molecule has 3 aromatic carbocycles. The molecule has 0 radical (unpaired) electrons. The van der Waals surface area contributed by atoms with Gasteiger partial charge in [0.15, 0.2) is 16.3 Å². The predicted molar refractivity (Wildman–Crippen MR) is 200 cm³/mol. The third-order valence-corrected chi connectivity index (χ3v) is 10.9. The van der Waals surface area contributed by atoms with Crippen LogP contribution in [0.3, 0.4) is 0 Å². The molecule has 2 atom stereocenters. The molecule has 268 valence electrons. The highest BCUT2D eigenvalue weighted by Crippen LogP contribution is 2.42. The summed E-state index contributed by atoms with van der Waals surface area (Å²) in [6.07, 6.45) is 2.82. The number of anilines is 1. The van der Waals surface area contributed by atoms with Crippen molar-refractivity contribution in [3.63, 3.8) is 0 Å².